The lowest BCUT2D eigenvalue weighted by Crippen LogP contribution is -2.19. The Bertz CT molecular complexity index is 672. The second-order valence-electron chi connectivity index (χ2n) is 4.44. The Balaban J connectivity index is 2.07. The number of nitrogens with one attached hydrogen (secondary N) is 1. The van der Waals surface area contributed by atoms with Crippen molar-refractivity contribution < 1.29 is 14.7 Å². The molecule has 0 aliphatic heterocycles. The van der Waals surface area contributed by atoms with Gasteiger partial charge in [-0.1, -0.05) is 23.7 Å². The topological polar surface area (TPSA) is 79.3 Å². The fourth-order valence-corrected chi connectivity index (χ4v) is 2.73. The van der Waals surface area contributed by atoms with Crippen LogP contribution in [0.4, 0.5) is 5.69 Å². The molecule has 5 nitrogen and oxygen atoms in total. The van der Waals surface area contributed by atoms with Gasteiger partial charge in [-0.3, -0.25) is 9.59 Å². The van der Waals surface area contributed by atoms with E-state index in [2.05, 4.69) is 10.3 Å². The molecule has 2 aromatic rings. The summed E-state index contributed by atoms with van der Waals surface area (Å²) in [6.07, 6.45) is -0.143. The minimum Gasteiger partial charge on any atom is -0.481 e. The number of aromatic nitrogens is 1. The minimum absolute atomic E-state index is 0.143. The van der Waals surface area contributed by atoms with Crippen molar-refractivity contribution in [2.75, 3.05) is 5.32 Å². The molecule has 0 spiro atoms. The van der Waals surface area contributed by atoms with E-state index in [-0.39, 0.29) is 12.3 Å². The van der Waals surface area contributed by atoms with Crippen molar-refractivity contribution in [3.05, 3.63) is 45.4 Å². The van der Waals surface area contributed by atoms with E-state index in [1.807, 2.05) is 0 Å². The maximum absolute atomic E-state index is 12.2. The third-order valence-corrected chi connectivity index (χ3v) is 4.20. The highest BCUT2D eigenvalue weighted by Crippen LogP contribution is 2.25. The smallest absolute Gasteiger partial charge is 0.309 e. The van der Waals surface area contributed by atoms with Crippen LogP contribution in [-0.2, 0) is 16.0 Å². The van der Waals surface area contributed by atoms with Crippen molar-refractivity contribution in [1.29, 1.82) is 0 Å². The Morgan fingerprint density at radius 3 is 2.81 bits per heavy atom. The van der Waals surface area contributed by atoms with Gasteiger partial charge < -0.3 is 10.4 Å². The maximum atomic E-state index is 12.2. The standard InChI is InChI=1S/C14H13ClN2O3S/c1-8(14-16-9(7-21-14)6-12(18)19)13(20)17-11-5-3-2-4-10(11)15/h2-5,7-8H,6H2,1H3,(H,17,20)(H,18,19). The Hall–Kier alpha value is -1.92. The second-order valence-corrected chi connectivity index (χ2v) is 5.74. The summed E-state index contributed by atoms with van der Waals surface area (Å²) in [5.74, 6) is -1.66. The predicted octanol–water partition coefficient (Wildman–Crippen LogP) is 3.17. The number of aliphatic carboxylic acids is 1. The molecule has 1 heterocycles. The van der Waals surface area contributed by atoms with Crippen molar-refractivity contribution in [2.45, 2.75) is 19.3 Å². The molecule has 0 aliphatic carbocycles. The molecule has 0 saturated carbocycles. The van der Waals surface area contributed by atoms with Crippen LogP contribution >= 0.6 is 22.9 Å². The first-order chi connectivity index (χ1) is 9.97. The van der Waals surface area contributed by atoms with Gasteiger partial charge in [-0.15, -0.1) is 11.3 Å². The first kappa shape index (κ1) is 15.5. The zero-order chi connectivity index (χ0) is 15.4. The fourth-order valence-electron chi connectivity index (χ4n) is 1.67. The van der Waals surface area contributed by atoms with Gasteiger partial charge in [-0.2, -0.15) is 0 Å². The highest BCUT2D eigenvalue weighted by atomic mass is 35.5. The lowest BCUT2D eigenvalue weighted by atomic mass is 10.1. The molecule has 7 heteroatoms. The van der Waals surface area contributed by atoms with Crippen LogP contribution in [0.25, 0.3) is 0 Å². The molecule has 2 N–H and O–H groups in total. The van der Waals surface area contributed by atoms with E-state index in [4.69, 9.17) is 16.7 Å². The third kappa shape index (κ3) is 4.03. The average molecular weight is 325 g/mol. The maximum Gasteiger partial charge on any atom is 0.309 e. The Morgan fingerprint density at radius 1 is 1.43 bits per heavy atom. The SMILES string of the molecule is CC(C(=O)Nc1ccccc1Cl)c1nc(CC(=O)O)cs1. The van der Waals surface area contributed by atoms with E-state index in [0.717, 1.165) is 0 Å². The molecular formula is C14H13ClN2O3S. The van der Waals surface area contributed by atoms with Gasteiger partial charge in [0.25, 0.3) is 0 Å². The zero-order valence-electron chi connectivity index (χ0n) is 11.2. The van der Waals surface area contributed by atoms with Gasteiger partial charge in [-0.05, 0) is 19.1 Å². The van der Waals surface area contributed by atoms with Crippen LogP contribution in [0.3, 0.4) is 0 Å². The lowest BCUT2D eigenvalue weighted by molar-refractivity contribution is -0.136. The van der Waals surface area contributed by atoms with Crippen LogP contribution < -0.4 is 5.32 Å². The number of thiazole rings is 1. The van der Waals surface area contributed by atoms with E-state index in [1.165, 1.54) is 11.3 Å². The molecule has 0 saturated heterocycles. The molecule has 0 radical (unpaired) electrons. The van der Waals surface area contributed by atoms with Crippen molar-refractivity contribution in [1.82, 2.24) is 4.98 Å². The van der Waals surface area contributed by atoms with Crippen molar-refractivity contribution in [2.24, 2.45) is 0 Å². The van der Waals surface area contributed by atoms with Crippen LogP contribution in [0.5, 0.6) is 0 Å². The predicted molar refractivity (Wildman–Crippen MR) is 82.0 cm³/mol. The normalized spacial score (nSPS) is 11.9. The van der Waals surface area contributed by atoms with E-state index in [0.29, 0.717) is 21.4 Å². The summed E-state index contributed by atoms with van der Waals surface area (Å²) in [7, 11) is 0. The number of rotatable bonds is 5. The lowest BCUT2D eigenvalue weighted by Gasteiger charge is -2.10. The largest absolute Gasteiger partial charge is 0.481 e. The number of carbonyl (C=O) groups is 2. The Morgan fingerprint density at radius 2 is 2.14 bits per heavy atom. The first-order valence-electron chi connectivity index (χ1n) is 6.19. The summed E-state index contributed by atoms with van der Waals surface area (Å²) in [6, 6.07) is 6.96. The molecule has 110 valence electrons. The van der Waals surface area contributed by atoms with Gasteiger partial charge in [0.1, 0.15) is 5.01 Å². The summed E-state index contributed by atoms with van der Waals surface area (Å²) in [5.41, 5.74) is 0.998. The van der Waals surface area contributed by atoms with Gasteiger partial charge >= 0.3 is 5.97 Å². The summed E-state index contributed by atoms with van der Waals surface area (Å²) in [4.78, 5) is 27.0. The van der Waals surface area contributed by atoms with Crippen LogP contribution in [0.2, 0.25) is 5.02 Å². The number of para-hydroxylation sites is 1. The first-order valence-corrected chi connectivity index (χ1v) is 7.44. The number of nitrogens with zero attached hydrogens (tertiary/aromatic N) is 1. The molecule has 1 aromatic heterocycles. The highest BCUT2D eigenvalue weighted by molar-refractivity contribution is 7.09. The second kappa shape index (κ2) is 6.69. The van der Waals surface area contributed by atoms with E-state index in [9.17, 15) is 9.59 Å². The third-order valence-electron chi connectivity index (χ3n) is 2.80. The number of benzene rings is 1. The van der Waals surface area contributed by atoms with Crippen molar-refractivity contribution in [3.8, 4) is 0 Å². The molecular weight excluding hydrogens is 312 g/mol. The van der Waals surface area contributed by atoms with Crippen LogP contribution in [0.15, 0.2) is 29.6 Å². The summed E-state index contributed by atoms with van der Waals surface area (Å²) < 4.78 is 0. The van der Waals surface area contributed by atoms with Gasteiger partial charge in [-0.25, -0.2) is 4.98 Å². The van der Waals surface area contributed by atoms with E-state index in [1.54, 1.807) is 36.6 Å². The molecule has 1 amide bonds. The molecule has 1 aromatic carbocycles. The average Bonchev–Trinajstić information content (AvgIpc) is 2.88. The zero-order valence-corrected chi connectivity index (χ0v) is 12.7. The summed E-state index contributed by atoms with van der Waals surface area (Å²) >= 11 is 7.26. The molecule has 2 rings (SSSR count). The number of anilines is 1. The van der Waals surface area contributed by atoms with Crippen LogP contribution in [0, 0.1) is 0 Å². The van der Waals surface area contributed by atoms with Crippen molar-refractivity contribution in [3.63, 3.8) is 0 Å². The monoisotopic (exact) mass is 324 g/mol. The minimum atomic E-state index is -0.944. The Kier molecular flexibility index (Phi) is 4.93. The number of carboxylic acid groups (broad SMARTS) is 1. The number of amides is 1. The Labute approximate surface area is 130 Å². The molecule has 1 unspecified atom stereocenters. The summed E-state index contributed by atoms with van der Waals surface area (Å²) in [5, 5.41) is 14.2. The molecule has 21 heavy (non-hydrogen) atoms. The van der Waals surface area contributed by atoms with Gasteiger partial charge in [0.15, 0.2) is 0 Å². The molecule has 0 bridgehead atoms. The highest BCUT2D eigenvalue weighted by Gasteiger charge is 2.20. The molecule has 1 atom stereocenters. The van der Waals surface area contributed by atoms with E-state index < -0.39 is 11.9 Å². The van der Waals surface area contributed by atoms with Gasteiger partial charge in [0.2, 0.25) is 5.91 Å². The molecule has 0 fully saturated rings. The molecule has 0 aliphatic rings. The fraction of sp³-hybridized carbons (Fsp3) is 0.214. The van der Waals surface area contributed by atoms with E-state index >= 15 is 0 Å². The summed E-state index contributed by atoms with van der Waals surface area (Å²) in [6.45, 7) is 1.72. The number of hydrogen-bond acceptors (Lipinski definition) is 4. The van der Waals surface area contributed by atoms with Crippen molar-refractivity contribution >= 4 is 40.5 Å². The number of hydrogen-bond donors (Lipinski definition) is 2. The number of carboxylic acids is 1. The van der Waals surface area contributed by atoms with Gasteiger partial charge in [0, 0.05) is 5.38 Å². The van der Waals surface area contributed by atoms with Crippen LogP contribution in [-0.4, -0.2) is 22.0 Å². The van der Waals surface area contributed by atoms with Crippen LogP contribution in [0.1, 0.15) is 23.5 Å². The van der Waals surface area contributed by atoms with Gasteiger partial charge in [0.05, 0.1) is 28.7 Å². The number of carbonyl (C=O) groups excluding carboxylic acids is 1. The number of halogens is 1. The quantitative estimate of drug-likeness (QED) is 0.885.